The Bertz CT molecular complexity index is 183. The van der Waals surface area contributed by atoms with Gasteiger partial charge in [0.2, 0.25) is 0 Å². The van der Waals surface area contributed by atoms with E-state index < -0.39 is 0 Å². The molecule has 0 aromatic heterocycles. The van der Waals surface area contributed by atoms with E-state index in [9.17, 15) is 0 Å². The smallest absolute Gasteiger partial charge is 0.122 e. The molecule has 0 amide bonds. The third-order valence-electron chi connectivity index (χ3n) is 2.88. The summed E-state index contributed by atoms with van der Waals surface area (Å²) in [7, 11) is 0. The Kier molecular flexibility index (Phi) is 0.572. The first-order valence-corrected chi connectivity index (χ1v) is 3.78. The lowest BCUT2D eigenvalue weighted by molar-refractivity contribution is 0.0893. The number of fused-ring (bicyclic) bond motifs is 2. The highest BCUT2D eigenvalue weighted by Gasteiger charge is 2.47. The van der Waals surface area contributed by atoms with Gasteiger partial charge in [-0.3, -0.25) is 0 Å². The number of hydrogen-bond acceptors (Lipinski definition) is 1. The summed E-state index contributed by atoms with van der Waals surface area (Å²) in [5.74, 6) is 2.11. The van der Waals surface area contributed by atoms with Crippen LogP contribution in [-0.4, -0.2) is 6.10 Å². The third-order valence-corrected chi connectivity index (χ3v) is 2.88. The minimum absolute atomic E-state index is 0.564. The third kappa shape index (κ3) is 0.455. The summed E-state index contributed by atoms with van der Waals surface area (Å²) < 4.78 is 5.27. The fraction of sp³-hybridized carbons (Fsp3) is 0.750. The quantitative estimate of drug-likeness (QED) is 0.475. The molecule has 2 aliphatic carbocycles. The SMILES string of the molecule is C1=C2CC3CC3CC2O1. The molecule has 0 aromatic rings. The van der Waals surface area contributed by atoms with Crippen molar-refractivity contribution in [3.05, 3.63) is 11.8 Å². The van der Waals surface area contributed by atoms with Crippen LogP contribution in [-0.2, 0) is 4.74 Å². The Morgan fingerprint density at radius 2 is 2.33 bits per heavy atom. The van der Waals surface area contributed by atoms with E-state index in [0.717, 1.165) is 11.8 Å². The van der Waals surface area contributed by atoms with Crippen LogP contribution >= 0.6 is 0 Å². The van der Waals surface area contributed by atoms with E-state index in [2.05, 4.69) is 0 Å². The zero-order chi connectivity index (χ0) is 5.84. The number of hydrogen-bond donors (Lipinski definition) is 0. The van der Waals surface area contributed by atoms with Gasteiger partial charge in [0.25, 0.3) is 0 Å². The molecule has 2 fully saturated rings. The second-order valence-corrected chi connectivity index (χ2v) is 3.51. The highest BCUT2D eigenvalue weighted by molar-refractivity contribution is 5.21. The lowest BCUT2D eigenvalue weighted by Gasteiger charge is -2.31. The Morgan fingerprint density at radius 3 is 3.00 bits per heavy atom. The van der Waals surface area contributed by atoms with Gasteiger partial charge in [-0.15, -0.1) is 0 Å². The van der Waals surface area contributed by atoms with E-state index in [1.165, 1.54) is 19.3 Å². The highest BCUT2D eigenvalue weighted by Crippen LogP contribution is 2.54. The van der Waals surface area contributed by atoms with Crippen LogP contribution in [0.3, 0.4) is 0 Å². The van der Waals surface area contributed by atoms with Gasteiger partial charge < -0.3 is 4.74 Å². The first kappa shape index (κ1) is 4.37. The van der Waals surface area contributed by atoms with Crippen LogP contribution < -0.4 is 0 Å². The largest absolute Gasteiger partial charge is 0.493 e. The first-order valence-electron chi connectivity index (χ1n) is 3.78. The summed E-state index contributed by atoms with van der Waals surface area (Å²) in [5.41, 5.74) is 1.59. The second-order valence-electron chi connectivity index (χ2n) is 3.51. The topological polar surface area (TPSA) is 9.23 Å². The van der Waals surface area contributed by atoms with Crippen molar-refractivity contribution in [2.24, 2.45) is 11.8 Å². The van der Waals surface area contributed by atoms with Gasteiger partial charge in [0.1, 0.15) is 6.10 Å². The van der Waals surface area contributed by atoms with Gasteiger partial charge in [-0.05, 0) is 31.1 Å². The summed E-state index contributed by atoms with van der Waals surface area (Å²) in [5, 5.41) is 0. The molecule has 0 bridgehead atoms. The molecule has 0 spiro atoms. The summed E-state index contributed by atoms with van der Waals surface area (Å²) in [6, 6.07) is 0. The van der Waals surface area contributed by atoms with Crippen molar-refractivity contribution in [1.82, 2.24) is 0 Å². The predicted octanol–water partition coefficient (Wildman–Crippen LogP) is 1.70. The van der Waals surface area contributed by atoms with Crippen LogP contribution in [0, 0.1) is 11.8 Å². The van der Waals surface area contributed by atoms with Gasteiger partial charge in [-0.1, -0.05) is 0 Å². The zero-order valence-corrected chi connectivity index (χ0v) is 5.34. The lowest BCUT2D eigenvalue weighted by Crippen LogP contribution is -2.26. The second kappa shape index (κ2) is 1.18. The zero-order valence-electron chi connectivity index (χ0n) is 5.34. The van der Waals surface area contributed by atoms with Gasteiger partial charge in [0.05, 0.1) is 6.26 Å². The monoisotopic (exact) mass is 122 g/mol. The van der Waals surface area contributed by atoms with Gasteiger partial charge in [0, 0.05) is 5.57 Å². The summed E-state index contributed by atoms with van der Waals surface area (Å²) in [6.45, 7) is 0. The summed E-state index contributed by atoms with van der Waals surface area (Å²) in [6.07, 6.45) is 6.69. The molecular weight excluding hydrogens is 112 g/mol. The van der Waals surface area contributed by atoms with Crippen LogP contribution in [0.25, 0.3) is 0 Å². The molecule has 0 saturated heterocycles. The van der Waals surface area contributed by atoms with Gasteiger partial charge >= 0.3 is 0 Å². The van der Waals surface area contributed by atoms with E-state index in [0.29, 0.717) is 6.10 Å². The maximum atomic E-state index is 5.27. The lowest BCUT2D eigenvalue weighted by atomic mass is 9.90. The van der Waals surface area contributed by atoms with E-state index in [1.807, 2.05) is 6.26 Å². The van der Waals surface area contributed by atoms with Crippen LogP contribution in [0.2, 0.25) is 0 Å². The van der Waals surface area contributed by atoms with Gasteiger partial charge in [-0.25, -0.2) is 0 Å². The Balaban J connectivity index is 1.90. The maximum absolute atomic E-state index is 5.27. The standard InChI is InChI=1S/C8H10O/c1-5-2-7-4-9-8(7)3-6(1)5/h4-6,8H,1-3H2. The van der Waals surface area contributed by atoms with Crippen molar-refractivity contribution in [3.8, 4) is 0 Å². The van der Waals surface area contributed by atoms with Crippen LogP contribution in [0.4, 0.5) is 0 Å². The molecule has 3 aliphatic rings. The summed E-state index contributed by atoms with van der Waals surface area (Å²) >= 11 is 0. The van der Waals surface area contributed by atoms with Crippen molar-refractivity contribution in [2.45, 2.75) is 25.4 Å². The fourth-order valence-electron chi connectivity index (χ4n) is 2.07. The van der Waals surface area contributed by atoms with E-state index in [-0.39, 0.29) is 0 Å². The Labute approximate surface area is 54.7 Å². The van der Waals surface area contributed by atoms with Crippen molar-refractivity contribution >= 4 is 0 Å². The highest BCUT2D eigenvalue weighted by atomic mass is 16.5. The van der Waals surface area contributed by atoms with Crippen molar-refractivity contribution in [3.63, 3.8) is 0 Å². The molecule has 3 atom stereocenters. The molecule has 0 aromatic carbocycles. The van der Waals surface area contributed by atoms with E-state index >= 15 is 0 Å². The first-order chi connectivity index (χ1) is 4.43. The Morgan fingerprint density at radius 1 is 1.33 bits per heavy atom. The fourth-order valence-corrected chi connectivity index (χ4v) is 2.07. The molecule has 2 saturated carbocycles. The average Bonchev–Trinajstić information content (AvgIpc) is 2.53. The molecule has 0 radical (unpaired) electrons. The van der Waals surface area contributed by atoms with Crippen LogP contribution in [0.1, 0.15) is 19.3 Å². The molecule has 1 heteroatoms. The van der Waals surface area contributed by atoms with Crippen molar-refractivity contribution in [2.75, 3.05) is 0 Å². The maximum Gasteiger partial charge on any atom is 0.122 e. The van der Waals surface area contributed by atoms with Crippen molar-refractivity contribution in [1.29, 1.82) is 0 Å². The molecular formula is C8H10O. The number of rotatable bonds is 0. The van der Waals surface area contributed by atoms with Crippen molar-refractivity contribution < 1.29 is 4.74 Å². The minimum Gasteiger partial charge on any atom is -0.493 e. The van der Waals surface area contributed by atoms with E-state index in [4.69, 9.17) is 4.74 Å². The molecule has 1 heterocycles. The van der Waals surface area contributed by atoms with Gasteiger partial charge in [0.15, 0.2) is 0 Å². The summed E-state index contributed by atoms with van der Waals surface area (Å²) in [4.78, 5) is 0. The van der Waals surface area contributed by atoms with E-state index in [1.54, 1.807) is 5.57 Å². The average molecular weight is 122 g/mol. The molecule has 9 heavy (non-hydrogen) atoms. The molecule has 48 valence electrons. The Hall–Kier alpha value is -0.460. The van der Waals surface area contributed by atoms with Gasteiger partial charge in [-0.2, -0.15) is 0 Å². The predicted molar refractivity (Wildman–Crippen MR) is 33.8 cm³/mol. The van der Waals surface area contributed by atoms with Crippen LogP contribution in [0.5, 0.6) is 0 Å². The number of ether oxygens (including phenoxy) is 1. The molecule has 0 N–H and O–H groups in total. The molecule has 1 nitrogen and oxygen atoms in total. The minimum atomic E-state index is 0.564. The molecule has 1 aliphatic heterocycles. The molecule has 3 rings (SSSR count). The molecule has 3 unspecified atom stereocenters. The normalized spacial score (nSPS) is 51.6. The van der Waals surface area contributed by atoms with Crippen LogP contribution in [0.15, 0.2) is 11.8 Å².